The third-order valence-electron chi connectivity index (χ3n) is 5.74. The first-order valence-corrected chi connectivity index (χ1v) is 10.9. The average molecular weight is 397 g/mol. The molecule has 1 fully saturated rings. The third-order valence-corrected chi connectivity index (χ3v) is 5.74. The Hall–Kier alpha value is -1.04. The van der Waals surface area contributed by atoms with Gasteiger partial charge in [-0.1, -0.05) is 51.2 Å². The minimum atomic E-state index is -0.726. The van der Waals surface area contributed by atoms with Gasteiger partial charge in [-0.3, -0.25) is 9.59 Å². The number of unbranched alkanes of at least 4 members (excludes halogenated alkanes) is 4. The lowest BCUT2D eigenvalue weighted by Crippen LogP contribution is -2.23. The molecule has 1 aliphatic rings. The summed E-state index contributed by atoms with van der Waals surface area (Å²) in [7, 11) is 1.53. The Morgan fingerprint density at radius 3 is 2.64 bits per heavy atom. The van der Waals surface area contributed by atoms with E-state index in [1.165, 1.54) is 7.11 Å². The van der Waals surface area contributed by atoms with Crippen LogP contribution in [0, 0.1) is 11.8 Å². The van der Waals surface area contributed by atoms with Gasteiger partial charge in [-0.05, 0) is 32.6 Å². The van der Waals surface area contributed by atoms with Crippen LogP contribution in [0.5, 0.6) is 0 Å². The van der Waals surface area contributed by atoms with Gasteiger partial charge in [0, 0.05) is 31.8 Å². The molecule has 1 aliphatic carbocycles. The van der Waals surface area contributed by atoms with E-state index in [2.05, 4.69) is 6.92 Å². The number of rotatable bonds is 15. The van der Waals surface area contributed by atoms with E-state index in [0.717, 1.165) is 51.4 Å². The molecule has 0 bridgehead atoms. The van der Waals surface area contributed by atoms with Crippen molar-refractivity contribution in [3.63, 3.8) is 0 Å². The molecule has 1 unspecified atom stereocenters. The highest BCUT2D eigenvalue weighted by Crippen LogP contribution is 2.34. The molecule has 0 radical (unpaired) electrons. The fraction of sp³-hybridized carbons (Fsp3) is 0.826. The Kier molecular flexibility index (Phi) is 11.8. The van der Waals surface area contributed by atoms with E-state index in [-0.39, 0.29) is 36.4 Å². The molecule has 5 nitrogen and oxygen atoms in total. The van der Waals surface area contributed by atoms with Crippen LogP contribution in [0.3, 0.4) is 0 Å². The highest BCUT2D eigenvalue weighted by Gasteiger charge is 2.39. The van der Waals surface area contributed by atoms with Gasteiger partial charge in [-0.15, -0.1) is 0 Å². The summed E-state index contributed by atoms with van der Waals surface area (Å²) in [5.41, 5.74) is -0.726. The molecule has 28 heavy (non-hydrogen) atoms. The summed E-state index contributed by atoms with van der Waals surface area (Å²) in [6.45, 7) is 4.14. The second kappa shape index (κ2) is 13.2. The number of hydrogen-bond donors (Lipinski definition) is 2. The van der Waals surface area contributed by atoms with Crippen LogP contribution in [0.2, 0.25) is 0 Å². The van der Waals surface area contributed by atoms with E-state index in [1.807, 2.05) is 19.1 Å². The van der Waals surface area contributed by atoms with E-state index in [4.69, 9.17) is 4.74 Å². The molecular weight excluding hydrogens is 356 g/mol. The molecule has 1 rings (SSSR count). The fourth-order valence-corrected chi connectivity index (χ4v) is 4.00. The minimum Gasteiger partial charge on any atom is -0.392 e. The summed E-state index contributed by atoms with van der Waals surface area (Å²) in [6.07, 6.45) is 12.0. The number of aliphatic hydroxyl groups excluding tert-OH is 1. The molecular formula is C23H40O5. The van der Waals surface area contributed by atoms with Gasteiger partial charge in [0.15, 0.2) is 5.78 Å². The Morgan fingerprint density at radius 1 is 1.25 bits per heavy atom. The first kappa shape index (κ1) is 25.0. The number of carbonyl (C=O) groups is 2. The van der Waals surface area contributed by atoms with Crippen molar-refractivity contribution in [1.29, 1.82) is 0 Å². The second-order valence-corrected chi connectivity index (χ2v) is 8.58. The number of methoxy groups -OCH3 is 1. The molecule has 0 saturated heterocycles. The number of ketones is 2. The van der Waals surface area contributed by atoms with E-state index in [1.54, 1.807) is 0 Å². The highest BCUT2D eigenvalue weighted by atomic mass is 16.5. The van der Waals surface area contributed by atoms with Gasteiger partial charge < -0.3 is 14.9 Å². The van der Waals surface area contributed by atoms with Crippen LogP contribution < -0.4 is 0 Å². The monoisotopic (exact) mass is 396 g/mol. The third kappa shape index (κ3) is 9.44. The second-order valence-electron chi connectivity index (χ2n) is 8.58. The molecule has 0 aliphatic heterocycles. The van der Waals surface area contributed by atoms with Crippen molar-refractivity contribution in [2.75, 3.05) is 13.7 Å². The van der Waals surface area contributed by atoms with Gasteiger partial charge in [0.1, 0.15) is 12.4 Å². The van der Waals surface area contributed by atoms with E-state index in [9.17, 15) is 19.8 Å². The number of carbonyl (C=O) groups excluding carboxylic acids is 2. The van der Waals surface area contributed by atoms with Gasteiger partial charge >= 0.3 is 0 Å². The van der Waals surface area contributed by atoms with Gasteiger partial charge in [-0.25, -0.2) is 0 Å². The standard InChI is InChI=1S/C23H40O5/c1-4-5-14-23(2,27)15-10-13-20-19(21(25)16-22(20)26)12-9-7-6-8-11-18(24)17-28-3/h10,13,19-20,22,26-27H,4-9,11-12,14-17H2,1-3H3/t19-,20-,22-,23?/m1/s1. The van der Waals surface area contributed by atoms with E-state index < -0.39 is 11.7 Å². The normalized spacial score (nSPS) is 24.8. The lowest BCUT2D eigenvalue weighted by atomic mass is 9.87. The van der Waals surface area contributed by atoms with Crippen LogP contribution in [0.4, 0.5) is 0 Å². The molecule has 0 aromatic rings. The Morgan fingerprint density at radius 2 is 1.96 bits per heavy atom. The fourth-order valence-electron chi connectivity index (χ4n) is 4.00. The highest BCUT2D eigenvalue weighted by molar-refractivity contribution is 5.84. The molecule has 1 saturated carbocycles. The first-order valence-electron chi connectivity index (χ1n) is 10.9. The van der Waals surface area contributed by atoms with Crippen molar-refractivity contribution in [3.05, 3.63) is 12.2 Å². The maximum atomic E-state index is 12.3. The summed E-state index contributed by atoms with van der Waals surface area (Å²) in [6, 6.07) is 0. The SMILES string of the molecule is CCCCC(C)(O)CC=C[C@H]1[C@H](O)CC(=O)[C@@H]1CCCCCCC(=O)COC. The van der Waals surface area contributed by atoms with E-state index >= 15 is 0 Å². The molecule has 0 amide bonds. The summed E-state index contributed by atoms with van der Waals surface area (Å²) in [5.74, 6) is 0.0199. The van der Waals surface area contributed by atoms with Crippen LogP contribution in [-0.2, 0) is 14.3 Å². The Balaban J connectivity index is 2.39. The van der Waals surface area contributed by atoms with Crippen LogP contribution in [0.1, 0.15) is 84.5 Å². The smallest absolute Gasteiger partial charge is 0.158 e. The molecule has 0 spiro atoms. The largest absolute Gasteiger partial charge is 0.392 e. The van der Waals surface area contributed by atoms with Gasteiger partial charge in [0.05, 0.1) is 11.7 Å². The van der Waals surface area contributed by atoms with Gasteiger partial charge in [0.2, 0.25) is 0 Å². The predicted molar refractivity (Wildman–Crippen MR) is 111 cm³/mol. The molecule has 162 valence electrons. The van der Waals surface area contributed by atoms with Gasteiger partial charge in [-0.2, -0.15) is 0 Å². The van der Waals surface area contributed by atoms with Crippen LogP contribution in [-0.4, -0.2) is 47.2 Å². The summed E-state index contributed by atoms with van der Waals surface area (Å²) in [4.78, 5) is 23.7. The molecule has 0 aromatic heterocycles. The molecule has 0 aromatic carbocycles. The number of aliphatic hydroxyl groups is 2. The van der Waals surface area contributed by atoms with Crippen LogP contribution in [0.15, 0.2) is 12.2 Å². The summed E-state index contributed by atoms with van der Waals surface area (Å²) in [5, 5.41) is 20.7. The van der Waals surface area contributed by atoms with Crippen molar-refractivity contribution in [2.45, 2.75) is 96.2 Å². The van der Waals surface area contributed by atoms with Crippen LogP contribution >= 0.6 is 0 Å². The number of Topliss-reactive ketones (excluding diaryl/α,β-unsaturated/α-hetero) is 2. The Bertz CT molecular complexity index is 497. The molecule has 0 heterocycles. The molecule has 2 N–H and O–H groups in total. The zero-order valence-electron chi connectivity index (χ0n) is 18.0. The zero-order valence-corrected chi connectivity index (χ0v) is 18.0. The first-order chi connectivity index (χ1) is 13.3. The van der Waals surface area contributed by atoms with Crippen molar-refractivity contribution < 1.29 is 24.5 Å². The van der Waals surface area contributed by atoms with E-state index in [0.29, 0.717) is 12.8 Å². The predicted octanol–water partition coefficient (Wildman–Crippen LogP) is 4.00. The minimum absolute atomic E-state index is 0.123. The van der Waals surface area contributed by atoms with Gasteiger partial charge in [0.25, 0.3) is 0 Å². The average Bonchev–Trinajstić information content (AvgIpc) is 2.89. The summed E-state index contributed by atoms with van der Waals surface area (Å²) >= 11 is 0. The van der Waals surface area contributed by atoms with Crippen molar-refractivity contribution in [1.82, 2.24) is 0 Å². The maximum Gasteiger partial charge on any atom is 0.158 e. The van der Waals surface area contributed by atoms with Crippen molar-refractivity contribution >= 4 is 11.6 Å². The molecule has 4 atom stereocenters. The number of hydrogen-bond acceptors (Lipinski definition) is 5. The lowest BCUT2D eigenvalue weighted by Gasteiger charge is -2.22. The topological polar surface area (TPSA) is 83.8 Å². The van der Waals surface area contributed by atoms with Crippen LogP contribution in [0.25, 0.3) is 0 Å². The quantitative estimate of drug-likeness (QED) is 0.323. The zero-order chi connectivity index (χ0) is 21.0. The van der Waals surface area contributed by atoms with Crippen molar-refractivity contribution in [3.8, 4) is 0 Å². The maximum absolute atomic E-state index is 12.3. The molecule has 5 heteroatoms. The lowest BCUT2D eigenvalue weighted by molar-refractivity contribution is -0.123. The Labute approximate surface area is 170 Å². The van der Waals surface area contributed by atoms with Crippen molar-refractivity contribution in [2.24, 2.45) is 11.8 Å². The summed E-state index contributed by atoms with van der Waals surface area (Å²) < 4.78 is 4.82. The number of ether oxygens (including phenoxy) is 1.